The fourth-order valence-electron chi connectivity index (χ4n) is 1.56. The van der Waals surface area contributed by atoms with Crippen LogP contribution in [-0.4, -0.2) is 17.5 Å². The van der Waals surface area contributed by atoms with Crippen LogP contribution in [0.15, 0.2) is 24.3 Å². The number of ether oxygens (including phenoxy) is 1. The number of rotatable bonds is 3. The van der Waals surface area contributed by atoms with Crippen LogP contribution in [0.2, 0.25) is 0 Å². The van der Waals surface area contributed by atoms with Crippen LogP contribution in [0.25, 0.3) is 6.08 Å². The van der Waals surface area contributed by atoms with E-state index in [-0.39, 0.29) is 5.78 Å². The molecule has 0 aliphatic carbocycles. The van der Waals surface area contributed by atoms with Crippen LogP contribution in [-0.2, 0) is 9.53 Å². The molecule has 0 bridgehead atoms. The van der Waals surface area contributed by atoms with Gasteiger partial charge in [-0.15, -0.1) is 0 Å². The zero-order valence-electron chi connectivity index (χ0n) is 12.6. The number of anilines is 1. The normalized spacial score (nSPS) is 11.4. The number of carbonyl (C=O) groups is 2. The summed E-state index contributed by atoms with van der Waals surface area (Å²) in [6, 6.07) is 5.52. The largest absolute Gasteiger partial charge is 0.444 e. The second-order valence-electron chi connectivity index (χ2n) is 5.65. The summed E-state index contributed by atoms with van der Waals surface area (Å²) in [4.78, 5) is 22.6. The molecule has 20 heavy (non-hydrogen) atoms. The molecule has 0 aliphatic heterocycles. The summed E-state index contributed by atoms with van der Waals surface area (Å²) in [5, 5.41) is 2.71. The second-order valence-corrected chi connectivity index (χ2v) is 5.65. The highest BCUT2D eigenvalue weighted by molar-refractivity contribution is 5.91. The number of nitrogens with one attached hydrogen (secondary N) is 1. The maximum Gasteiger partial charge on any atom is 0.412 e. The van der Waals surface area contributed by atoms with Crippen LogP contribution in [0.3, 0.4) is 0 Å². The Morgan fingerprint density at radius 2 is 1.90 bits per heavy atom. The summed E-state index contributed by atoms with van der Waals surface area (Å²) in [7, 11) is 0. The van der Waals surface area contributed by atoms with Gasteiger partial charge in [0.2, 0.25) is 0 Å². The van der Waals surface area contributed by atoms with Gasteiger partial charge >= 0.3 is 6.09 Å². The first kappa shape index (κ1) is 16.0. The van der Waals surface area contributed by atoms with Crippen LogP contribution < -0.4 is 5.32 Å². The van der Waals surface area contributed by atoms with Gasteiger partial charge in [-0.3, -0.25) is 10.1 Å². The molecule has 1 N–H and O–H groups in total. The first-order valence-corrected chi connectivity index (χ1v) is 6.47. The van der Waals surface area contributed by atoms with E-state index in [2.05, 4.69) is 5.32 Å². The molecule has 1 aromatic rings. The predicted octanol–water partition coefficient (Wildman–Crippen LogP) is 3.94. The van der Waals surface area contributed by atoms with Crippen molar-refractivity contribution in [3.05, 3.63) is 35.4 Å². The molecule has 0 unspecified atom stereocenters. The third-order valence-electron chi connectivity index (χ3n) is 2.40. The van der Waals surface area contributed by atoms with Gasteiger partial charge in [0.05, 0.1) is 0 Å². The lowest BCUT2D eigenvalue weighted by Crippen LogP contribution is -2.27. The summed E-state index contributed by atoms with van der Waals surface area (Å²) in [5.41, 5.74) is 1.98. The summed E-state index contributed by atoms with van der Waals surface area (Å²) >= 11 is 0. The first-order chi connectivity index (χ1) is 9.17. The van der Waals surface area contributed by atoms with Gasteiger partial charge in [-0.2, -0.15) is 0 Å². The van der Waals surface area contributed by atoms with Crippen molar-refractivity contribution < 1.29 is 14.3 Å². The average Bonchev–Trinajstić information content (AvgIpc) is 2.27. The number of carbonyl (C=O) groups excluding carboxylic acids is 2. The lowest BCUT2D eigenvalue weighted by atomic mass is 10.1. The Hall–Kier alpha value is -2.10. The SMILES string of the molecule is CC(=O)/C=C/c1ccc(NC(=O)OC(C)(C)C)c(C)c1. The highest BCUT2D eigenvalue weighted by Gasteiger charge is 2.16. The number of amides is 1. The highest BCUT2D eigenvalue weighted by atomic mass is 16.6. The molecule has 0 saturated heterocycles. The van der Waals surface area contributed by atoms with Gasteiger partial charge in [0.15, 0.2) is 5.78 Å². The summed E-state index contributed by atoms with van der Waals surface area (Å²) in [6.45, 7) is 8.83. The van der Waals surface area contributed by atoms with Gasteiger partial charge in [0, 0.05) is 5.69 Å². The molecule has 4 nitrogen and oxygen atoms in total. The van der Waals surface area contributed by atoms with Gasteiger partial charge in [0.25, 0.3) is 0 Å². The number of hydrogen-bond acceptors (Lipinski definition) is 3. The van der Waals surface area contributed by atoms with Gasteiger partial charge in [-0.1, -0.05) is 12.1 Å². The number of aryl methyl sites for hydroxylation is 1. The molecule has 4 heteroatoms. The third kappa shape index (κ3) is 5.69. The van der Waals surface area contributed by atoms with Crippen molar-refractivity contribution in [2.24, 2.45) is 0 Å². The molecule has 0 radical (unpaired) electrons. The first-order valence-electron chi connectivity index (χ1n) is 6.47. The smallest absolute Gasteiger partial charge is 0.412 e. The van der Waals surface area contributed by atoms with Gasteiger partial charge in [-0.05, 0) is 64.0 Å². The molecule has 1 amide bonds. The molecular weight excluding hydrogens is 254 g/mol. The highest BCUT2D eigenvalue weighted by Crippen LogP contribution is 2.18. The Balaban J connectivity index is 2.78. The standard InChI is InChI=1S/C16H21NO3/c1-11-10-13(7-6-12(2)18)8-9-14(11)17-15(19)20-16(3,4)5/h6-10H,1-5H3,(H,17,19)/b7-6+. The molecule has 0 heterocycles. The van der Waals surface area contributed by atoms with Crippen molar-refractivity contribution >= 4 is 23.6 Å². The monoisotopic (exact) mass is 275 g/mol. The van der Waals surface area contributed by atoms with Gasteiger partial charge in [-0.25, -0.2) is 4.79 Å². The van der Waals surface area contributed by atoms with Gasteiger partial charge in [0.1, 0.15) is 5.60 Å². The third-order valence-corrected chi connectivity index (χ3v) is 2.40. The van der Waals surface area contributed by atoms with Crippen LogP contribution in [0.5, 0.6) is 0 Å². The van der Waals surface area contributed by atoms with Crippen LogP contribution in [0.1, 0.15) is 38.8 Å². The maximum atomic E-state index is 11.7. The predicted molar refractivity (Wildman–Crippen MR) is 80.8 cm³/mol. The van der Waals surface area contributed by atoms with Crippen molar-refractivity contribution in [3.8, 4) is 0 Å². The van der Waals surface area contributed by atoms with Crippen molar-refractivity contribution in [1.82, 2.24) is 0 Å². The fourth-order valence-corrected chi connectivity index (χ4v) is 1.56. The molecule has 1 rings (SSSR count). The minimum Gasteiger partial charge on any atom is -0.444 e. The van der Waals surface area contributed by atoms with Crippen molar-refractivity contribution in [2.45, 2.75) is 40.2 Å². The van der Waals surface area contributed by atoms with Crippen molar-refractivity contribution in [2.75, 3.05) is 5.32 Å². The topological polar surface area (TPSA) is 55.4 Å². The zero-order valence-corrected chi connectivity index (χ0v) is 12.6. The Bertz CT molecular complexity index is 539. The number of benzene rings is 1. The van der Waals surface area contributed by atoms with Crippen LogP contribution in [0, 0.1) is 6.92 Å². The van der Waals surface area contributed by atoms with E-state index in [4.69, 9.17) is 4.74 Å². The lowest BCUT2D eigenvalue weighted by Gasteiger charge is -2.20. The zero-order chi connectivity index (χ0) is 15.3. The van der Waals surface area contributed by atoms with Crippen molar-refractivity contribution in [1.29, 1.82) is 0 Å². The minimum atomic E-state index is -0.526. The second kappa shape index (κ2) is 6.37. The Labute approximate surface area is 119 Å². The molecule has 0 aromatic heterocycles. The van der Waals surface area contributed by atoms with Crippen LogP contribution >= 0.6 is 0 Å². The van der Waals surface area contributed by atoms with E-state index in [0.29, 0.717) is 5.69 Å². The fraction of sp³-hybridized carbons (Fsp3) is 0.375. The average molecular weight is 275 g/mol. The van der Waals surface area contributed by atoms with Crippen LogP contribution in [0.4, 0.5) is 10.5 Å². The quantitative estimate of drug-likeness (QED) is 0.850. The van der Waals surface area contributed by atoms with E-state index >= 15 is 0 Å². The Morgan fingerprint density at radius 3 is 2.40 bits per heavy atom. The molecule has 0 saturated carbocycles. The summed E-state index contributed by atoms with van der Waals surface area (Å²) in [6.07, 6.45) is 2.77. The lowest BCUT2D eigenvalue weighted by molar-refractivity contribution is -0.112. The molecule has 0 fully saturated rings. The van der Waals surface area contributed by atoms with E-state index in [0.717, 1.165) is 11.1 Å². The van der Waals surface area contributed by atoms with Gasteiger partial charge < -0.3 is 4.74 Å². The minimum absolute atomic E-state index is 0.00129. The molecule has 0 atom stereocenters. The molecule has 1 aromatic carbocycles. The summed E-state index contributed by atoms with van der Waals surface area (Å²) in [5.74, 6) is -0.00129. The van der Waals surface area contributed by atoms with E-state index in [1.807, 2.05) is 39.8 Å². The molecule has 0 aliphatic rings. The van der Waals surface area contributed by atoms with E-state index < -0.39 is 11.7 Å². The number of allylic oxidation sites excluding steroid dienone is 1. The Morgan fingerprint density at radius 1 is 1.25 bits per heavy atom. The van der Waals surface area contributed by atoms with E-state index in [9.17, 15) is 9.59 Å². The number of hydrogen-bond donors (Lipinski definition) is 1. The maximum absolute atomic E-state index is 11.7. The van der Waals surface area contributed by atoms with Crippen molar-refractivity contribution in [3.63, 3.8) is 0 Å². The Kier molecular flexibility index (Phi) is 5.08. The molecule has 108 valence electrons. The number of ketones is 1. The summed E-state index contributed by atoms with van der Waals surface area (Å²) < 4.78 is 5.20. The van der Waals surface area contributed by atoms with E-state index in [1.54, 1.807) is 12.1 Å². The molecule has 0 spiro atoms. The van der Waals surface area contributed by atoms with E-state index in [1.165, 1.54) is 13.0 Å². The molecular formula is C16H21NO3.